The van der Waals surface area contributed by atoms with Gasteiger partial charge in [-0.2, -0.15) is 13.2 Å². The second-order valence-electron chi connectivity index (χ2n) is 6.37. The molecule has 0 saturated carbocycles. The van der Waals surface area contributed by atoms with Gasteiger partial charge < -0.3 is 0 Å². The monoisotopic (exact) mass is 345 g/mol. The van der Waals surface area contributed by atoms with E-state index < -0.39 is 19.8 Å². The van der Waals surface area contributed by atoms with E-state index in [1.807, 2.05) is 30.3 Å². The van der Waals surface area contributed by atoms with Gasteiger partial charge in [0.1, 0.15) is 13.8 Å². The topological polar surface area (TPSA) is 12.4 Å². The molecule has 0 saturated heterocycles. The molecule has 0 N–H and O–H groups in total. The fourth-order valence-electron chi connectivity index (χ4n) is 1.86. The first kappa shape index (κ1) is 18.0. The number of hydrogen-bond donors (Lipinski definition) is 0. The van der Waals surface area contributed by atoms with E-state index in [0.717, 1.165) is 17.8 Å². The molecule has 24 heavy (non-hydrogen) atoms. The molecule has 0 aromatic heterocycles. The number of benzene rings is 2. The molecule has 0 heterocycles. The molecule has 0 spiro atoms. The van der Waals surface area contributed by atoms with Gasteiger partial charge in [-0.1, -0.05) is 55.9 Å². The maximum atomic E-state index is 12.7. The van der Waals surface area contributed by atoms with Crippen molar-refractivity contribution in [2.45, 2.75) is 25.8 Å². The standard InChI is InChI=1S/C19H18F3NSi/c1-24(2,3)14-13-18(23-17-7-5-4-6-8-17)15-9-11-16(12-10-15)19(20,21)22/h4-12H,1-3H3. The maximum Gasteiger partial charge on any atom is 0.416 e. The molecule has 1 nitrogen and oxygen atoms in total. The molecule has 124 valence electrons. The van der Waals surface area contributed by atoms with Crippen molar-refractivity contribution >= 4 is 19.5 Å². The second-order valence-corrected chi connectivity index (χ2v) is 11.1. The number of hydrogen-bond acceptors (Lipinski definition) is 1. The number of alkyl halides is 3. The lowest BCUT2D eigenvalue weighted by atomic mass is 10.1. The normalized spacial score (nSPS) is 12.5. The predicted molar refractivity (Wildman–Crippen MR) is 95.2 cm³/mol. The van der Waals surface area contributed by atoms with E-state index in [-0.39, 0.29) is 0 Å². The summed E-state index contributed by atoms with van der Waals surface area (Å²) in [4.78, 5) is 4.51. The number of rotatable bonds is 2. The fourth-order valence-corrected chi connectivity index (χ4v) is 2.35. The van der Waals surface area contributed by atoms with Crippen molar-refractivity contribution in [1.82, 2.24) is 0 Å². The van der Waals surface area contributed by atoms with E-state index in [4.69, 9.17) is 0 Å². The molecule has 0 atom stereocenters. The van der Waals surface area contributed by atoms with E-state index in [0.29, 0.717) is 11.3 Å². The van der Waals surface area contributed by atoms with Crippen LogP contribution in [0.15, 0.2) is 59.6 Å². The Hall–Kier alpha value is -2.32. The summed E-state index contributed by atoms with van der Waals surface area (Å²) in [5.41, 5.74) is 4.33. The van der Waals surface area contributed by atoms with Gasteiger partial charge in [0.15, 0.2) is 0 Å². The highest BCUT2D eigenvalue weighted by molar-refractivity contribution is 6.84. The van der Waals surface area contributed by atoms with Crippen LogP contribution in [0.3, 0.4) is 0 Å². The maximum absolute atomic E-state index is 12.7. The average Bonchev–Trinajstić information content (AvgIpc) is 2.51. The van der Waals surface area contributed by atoms with Crippen molar-refractivity contribution in [2.24, 2.45) is 4.99 Å². The van der Waals surface area contributed by atoms with E-state index in [1.165, 1.54) is 12.1 Å². The van der Waals surface area contributed by atoms with Crippen molar-refractivity contribution in [1.29, 1.82) is 0 Å². The molecule has 0 fully saturated rings. The van der Waals surface area contributed by atoms with Crippen molar-refractivity contribution in [3.8, 4) is 11.5 Å². The van der Waals surface area contributed by atoms with Gasteiger partial charge in [-0.05, 0) is 24.3 Å². The van der Waals surface area contributed by atoms with Gasteiger partial charge >= 0.3 is 6.18 Å². The van der Waals surface area contributed by atoms with Crippen LogP contribution in [0.4, 0.5) is 18.9 Å². The largest absolute Gasteiger partial charge is 0.416 e. The van der Waals surface area contributed by atoms with Crippen LogP contribution in [0.5, 0.6) is 0 Å². The quantitative estimate of drug-likeness (QED) is 0.376. The second kappa shape index (κ2) is 7.06. The Balaban J connectivity index is 2.46. The molecule has 2 aromatic carbocycles. The van der Waals surface area contributed by atoms with Gasteiger partial charge in [0.05, 0.1) is 11.3 Å². The lowest BCUT2D eigenvalue weighted by Crippen LogP contribution is -2.17. The molecule has 5 heteroatoms. The van der Waals surface area contributed by atoms with E-state index in [9.17, 15) is 13.2 Å². The van der Waals surface area contributed by atoms with Crippen LogP contribution in [0.2, 0.25) is 19.6 Å². The third-order valence-electron chi connectivity index (χ3n) is 3.04. The zero-order valence-corrected chi connectivity index (χ0v) is 14.8. The molecule has 0 bridgehead atoms. The summed E-state index contributed by atoms with van der Waals surface area (Å²) < 4.78 is 38.2. The Kier molecular flexibility index (Phi) is 5.30. The number of nitrogens with zero attached hydrogens (tertiary/aromatic N) is 1. The highest BCUT2D eigenvalue weighted by atomic mass is 28.3. The Morgan fingerprint density at radius 1 is 0.917 bits per heavy atom. The molecule has 0 aliphatic heterocycles. The molecule has 0 unspecified atom stereocenters. The first-order chi connectivity index (χ1) is 11.1. The minimum absolute atomic E-state index is 0.484. The Morgan fingerprint density at radius 2 is 1.50 bits per heavy atom. The van der Waals surface area contributed by atoms with Crippen LogP contribution in [0, 0.1) is 11.5 Å². The highest BCUT2D eigenvalue weighted by Crippen LogP contribution is 2.29. The Bertz CT molecular complexity index is 774. The third kappa shape index (κ3) is 5.39. The van der Waals surface area contributed by atoms with Gasteiger partial charge in [-0.25, -0.2) is 4.99 Å². The summed E-state index contributed by atoms with van der Waals surface area (Å²) in [5, 5.41) is 0. The Labute approximate surface area is 141 Å². The number of para-hydroxylation sites is 1. The molecule has 2 rings (SSSR count). The Morgan fingerprint density at radius 3 is 2.00 bits per heavy atom. The summed E-state index contributed by atoms with van der Waals surface area (Å²) in [6, 6.07) is 14.2. The number of halogens is 3. The van der Waals surface area contributed by atoms with Gasteiger partial charge in [-0.15, -0.1) is 5.54 Å². The summed E-state index contributed by atoms with van der Waals surface area (Å²) in [6.07, 6.45) is -4.35. The molecular formula is C19H18F3NSi. The molecule has 0 amide bonds. The van der Waals surface area contributed by atoms with E-state index in [1.54, 1.807) is 0 Å². The first-order valence-electron chi connectivity index (χ1n) is 7.50. The summed E-state index contributed by atoms with van der Waals surface area (Å²) in [6.45, 7) is 6.31. The number of aliphatic imine (C=N–C) groups is 1. The van der Waals surface area contributed by atoms with E-state index >= 15 is 0 Å². The lowest BCUT2D eigenvalue weighted by molar-refractivity contribution is -0.137. The van der Waals surface area contributed by atoms with Crippen molar-refractivity contribution in [2.75, 3.05) is 0 Å². The fraction of sp³-hybridized carbons (Fsp3) is 0.211. The van der Waals surface area contributed by atoms with Gasteiger partial charge in [0.2, 0.25) is 0 Å². The minimum Gasteiger partial charge on any atom is -0.239 e. The van der Waals surface area contributed by atoms with Gasteiger partial charge in [0, 0.05) is 5.56 Å². The molecule has 0 radical (unpaired) electrons. The van der Waals surface area contributed by atoms with Crippen LogP contribution < -0.4 is 0 Å². The van der Waals surface area contributed by atoms with Crippen LogP contribution in [0.25, 0.3) is 0 Å². The van der Waals surface area contributed by atoms with E-state index in [2.05, 4.69) is 36.1 Å². The lowest BCUT2D eigenvalue weighted by Gasteiger charge is -2.08. The van der Waals surface area contributed by atoms with Crippen LogP contribution in [-0.2, 0) is 6.18 Å². The van der Waals surface area contributed by atoms with Crippen molar-refractivity contribution in [3.05, 3.63) is 65.7 Å². The van der Waals surface area contributed by atoms with Gasteiger partial charge in [0.25, 0.3) is 0 Å². The van der Waals surface area contributed by atoms with Crippen LogP contribution in [0.1, 0.15) is 11.1 Å². The third-order valence-corrected chi connectivity index (χ3v) is 3.91. The highest BCUT2D eigenvalue weighted by Gasteiger charge is 2.30. The molecule has 2 aromatic rings. The van der Waals surface area contributed by atoms with Crippen LogP contribution in [-0.4, -0.2) is 13.8 Å². The molecular weight excluding hydrogens is 327 g/mol. The van der Waals surface area contributed by atoms with Gasteiger partial charge in [-0.3, -0.25) is 0 Å². The SMILES string of the molecule is C[Si](C)(C)C#CC(=Nc1ccccc1)c1ccc(C(F)(F)F)cc1. The summed E-state index contributed by atoms with van der Waals surface area (Å²) in [5.74, 6) is 3.06. The average molecular weight is 345 g/mol. The molecule has 0 aliphatic rings. The zero-order chi connectivity index (χ0) is 17.8. The predicted octanol–water partition coefficient (Wildman–Crippen LogP) is 5.71. The van der Waals surface area contributed by atoms with Crippen LogP contribution >= 0.6 is 0 Å². The zero-order valence-electron chi connectivity index (χ0n) is 13.8. The first-order valence-corrected chi connectivity index (χ1v) is 11.0. The minimum atomic E-state index is -4.35. The molecule has 0 aliphatic carbocycles. The van der Waals surface area contributed by atoms with Crippen molar-refractivity contribution < 1.29 is 13.2 Å². The summed E-state index contributed by atoms with van der Waals surface area (Å²) >= 11 is 0. The summed E-state index contributed by atoms with van der Waals surface area (Å²) in [7, 11) is -1.63. The van der Waals surface area contributed by atoms with Crippen molar-refractivity contribution in [3.63, 3.8) is 0 Å². The smallest absolute Gasteiger partial charge is 0.239 e.